The van der Waals surface area contributed by atoms with Gasteiger partial charge in [-0.1, -0.05) is 23.8 Å². The van der Waals surface area contributed by atoms with Gasteiger partial charge in [0.2, 0.25) is 0 Å². The van der Waals surface area contributed by atoms with E-state index < -0.39 is 0 Å². The molecular weight excluding hydrogens is 342 g/mol. The number of ether oxygens (including phenoxy) is 3. The predicted molar refractivity (Wildman–Crippen MR) is 107 cm³/mol. The van der Waals surface area contributed by atoms with Crippen molar-refractivity contribution in [1.29, 1.82) is 0 Å². The third-order valence-corrected chi connectivity index (χ3v) is 4.13. The predicted octanol–water partition coefficient (Wildman–Crippen LogP) is 4.36. The highest BCUT2D eigenvalue weighted by Gasteiger charge is 2.14. The van der Waals surface area contributed by atoms with Gasteiger partial charge in [0.15, 0.2) is 18.1 Å². The van der Waals surface area contributed by atoms with Crippen LogP contribution in [-0.2, 0) is 4.79 Å². The second kappa shape index (κ2) is 9.86. The molecule has 1 unspecified atom stereocenters. The molecule has 0 spiro atoms. The molecule has 0 saturated heterocycles. The van der Waals surface area contributed by atoms with Gasteiger partial charge in [0.05, 0.1) is 19.3 Å². The molecule has 27 heavy (non-hydrogen) atoms. The Kier molecular flexibility index (Phi) is 7.53. The van der Waals surface area contributed by atoms with Crippen LogP contribution in [0.1, 0.15) is 43.5 Å². The van der Waals surface area contributed by atoms with Crippen molar-refractivity contribution in [3.8, 4) is 17.2 Å². The Bertz CT molecular complexity index is 773. The van der Waals surface area contributed by atoms with Crippen molar-refractivity contribution in [1.82, 2.24) is 5.32 Å². The molecule has 0 aliphatic rings. The van der Waals surface area contributed by atoms with E-state index in [1.165, 1.54) is 5.56 Å². The van der Waals surface area contributed by atoms with Crippen molar-refractivity contribution in [2.45, 2.75) is 40.7 Å². The molecule has 1 N–H and O–H groups in total. The maximum Gasteiger partial charge on any atom is 0.258 e. The Balaban J connectivity index is 1.98. The Morgan fingerprint density at radius 3 is 2.26 bits per heavy atom. The number of hydrogen-bond acceptors (Lipinski definition) is 4. The van der Waals surface area contributed by atoms with Crippen molar-refractivity contribution in [3.05, 3.63) is 53.1 Å². The van der Waals surface area contributed by atoms with Crippen LogP contribution in [0.4, 0.5) is 0 Å². The Morgan fingerprint density at radius 2 is 1.59 bits per heavy atom. The molecule has 0 heterocycles. The van der Waals surface area contributed by atoms with Crippen molar-refractivity contribution in [2.24, 2.45) is 0 Å². The van der Waals surface area contributed by atoms with E-state index in [0.717, 1.165) is 16.9 Å². The van der Waals surface area contributed by atoms with E-state index in [1.54, 1.807) is 0 Å². The molecule has 1 amide bonds. The molecule has 1 atom stereocenters. The van der Waals surface area contributed by atoms with Crippen LogP contribution in [0.5, 0.6) is 17.2 Å². The molecule has 2 aromatic rings. The zero-order valence-electron chi connectivity index (χ0n) is 16.8. The molecule has 0 aliphatic carbocycles. The van der Waals surface area contributed by atoms with Gasteiger partial charge in [-0.05, 0) is 63.9 Å². The number of hydrogen-bond donors (Lipinski definition) is 1. The van der Waals surface area contributed by atoms with Gasteiger partial charge < -0.3 is 19.5 Å². The summed E-state index contributed by atoms with van der Waals surface area (Å²) >= 11 is 0. The molecule has 2 aromatic carbocycles. The topological polar surface area (TPSA) is 56.8 Å². The van der Waals surface area contributed by atoms with E-state index in [9.17, 15) is 4.79 Å². The summed E-state index contributed by atoms with van der Waals surface area (Å²) in [6.07, 6.45) is 0. The smallest absolute Gasteiger partial charge is 0.258 e. The lowest BCUT2D eigenvalue weighted by Crippen LogP contribution is -2.31. The van der Waals surface area contributed by atoms with Gasteiger partial charge >= 0.3 is 0 Å². The molecule has 0 radical (unpaired) electrons. The van der Waals surface area contributed by atoms with E-state index in [0.29, 0.717) is 24.7 Å². The molecule has 0 bridgehead atoms. The van der Waals surface area contributed by atoms with Gasteiger partial charge in [0, 0.05) is 0 Å². The zero-order chi connectivity index (χ0) is 19.8. The number of aryl methyl sites for hydroxylation is 2. The first-order valence-corrected chi connectivity index (χ1v) is 9.33. The van der Waals surface area contributed by atoms with Crippen molar-refractivity contribution in [2.75, 3.05) is 19.8 Å². The van der Waals surface area contributed by atoms with E-state index >= 15 is 0 Å². The van der Waals surface area contributed by atoms with Crippen LogP contribution in [0.3, 0.4) is 0 Å². The average Bonchev–Trinajstić information content (AvgIpc) is 2.62. The molecule has 5 heteroatoms. The number of carbonyl (C=O) groups is 1. The summed E-state index contributed by atoms with van der Waals surface area (Å²) < 4.78 is 16.9. The Morgan fingerprint density at radius 1 is 0.926 bits per heavy atom. The first kappa shape index (κ1) is 20.6. The normalized spacial score (nSPS) is 11.6. The first-order chi connectivity index (χ1) is 12.9. The lowest BCUT2D eigenvalue weighted by Gasteiger charge is -2.18. The third kappa shape index (κ3) is 5.91. The standard InChI is InChI=1S/C22H29NO4/c1-6-25-20-11-9-18(13-21(20)26-7-2)17(5)23-22(24)14-27-19-10-8-15(3)12-16(19)4/h8-13,17H,6-7,14H2,1-5H3,(H,23,24). The third-order valence-electron chi connectivity index (χ3n) is 4.13. The number of rotatable bonds is 9. The number of benzene rings is 2. The number of carbonyl (C=O) groups excluding carboxylic acids is 1. The molecule has 0 aromatic heterocycles. The van der Waals surface area contributed by atoms with E-state index in [1.807, 2.05) is 71.0 Å². The van der Waals surface area contributed by atoms with Crippen LogP contribution in [0.15, 0.2) is 36.4 Å². The average molecular weight is 371 g/mol. The molecule has 0 fully saturated rings. The zero-order valence-corrected chi connectivity index (χ0v) is 16.8. The van der Waals surface area contributed by atoms with Crippen LogP contribution in [0.25, 0.3) is 0 Å². The quantitative estimate of drug-likeness (QED) is 0.712. The first-order valence-electron chi connectivity index (χ1n) is 9.33. The number of nitrogens with one attached hydrogen (secondary N) is 1. The highest BCUT2D eigenvalue weighted by atomic mass is 16.5. The van der Waals surface area contributed by atoms with Crippen LogP contribution in [0, 0.1) is 13.8 Å². The lowest BCUT2D eigenvalue weighted by molar-refractivity contribution is -0.123. The molecule has 5 nitrogen and oxygen atoms in total. The Labute approximate surface area is 161 Å². The second-order valence-electron chi connectivity index (χ2n) is 6.42. The minimum atomic E-state index is -0.172. The summed E-state index contributed by atoms with van der Waals surface area (Å²) in [5, 5.41) is 2.96. The largest absolute Gasteiger partial charge is 0.490 e. The highest BCUT2D eigenvalue weighted by Crippen LogP contribution is 2.30. The van der Waals surface area contributed by atoms with E-state index in [4.69, 9.17) is 14.2 Å². The fourth-order valence-electron chi connectivity index (χ4n) is 2.81. The van der Waals surface area contributed by atoms with Gasteiger partial charge in [-0.15, -0.1) is 0 Å². The molecule has 2 rings (SSSR count). The summed E-state index contributed by atoms with van der Waals surface area (Å²) in [4.78, 5) is 12.3. The van der Waals surface area contributed by atoms with Gasteiger partial charge in [-0.2, -0.15) is 0 Å². The molecule has 0 saturated carbocycles. The SMILES string of the molecule is CCOc1ccc(C(C)NC(=O)COc2ccc(C)cc2C)cc1OCC. The van der Waals surface area contributed by atoms with Gasteiger partial charge in [-0.3, -0.25) is 4.79 Å². The van der Waals surface area contributed by atoms with Gasteiger partial charge in [0.1, 0.15) is 5.75 Å². The summed E-state index contributed by atoms with van der Waals surface area (Å²) in [5.74, 6) is 1.95. The summed E-state index contributed by atoms with van der Waals surface area (Å²) in [6, 6.07) is 11.4. The van der Waals surface area contributed by atoms with Crippen LogP contribution in [-0.4, -0.2) is 25.7 Å². The maximum absolute atomic E-state index is 12.3. The van der Waals surface area contributed by atoms with Crippen LogP contribution in [0.2, 0.25) is 0 Å². The van der Waals surface area contributed by atoms with Crippen LogP contribution < -0.4 is 19.5 Å². The molecular formula is C22H29NO4. The fraction of sp³-hybridized carbons (Fsp3) is 0.409. The summed E-state index contributed by atoms with van der Waals surface area (Å²) in [6.45, 7) is 10.9. The lowest BCUT2D eigenvalue weighted by atomic mass is 10.1. The molecule has 0 aliphatic heterocycles. The van der Waals surface area contributed by atoms with Crippen molar-refractivity contribution < 1.29 is 19.0 Å². The minimum absolute atomic E-state index is 0.0242. The van der Waals surface area contributed by atoms with Crippen molar-refractivity contribution >= 4 is 5.91 Å². The van der Waals surface area contributed by atoms with E-state index in [-0.39, 0.29) is 18.6 Å². The second-order valence-corrected chi connectivity index (χ2v) is 6.42. The Hall–Kier alpha value is -2.69. The monoisotopic (exact) mass is 371 g/mol. The van der Waals surface area contributed by atoms with Gasteiger partial charge in [-0.25, -0.2) is 0 Å². The van der Waals surface area contributed by atoms with E-state index in [2.05, 4.69) is 5.32 Å². The van der Waals surface area contributed by atoms with Crippen molar-refractivity contribution in [3.63, 3.8) is 0 Å². The maximum atomic E-state index is 12.3. The fourth-order valence-corrected chi connectivity index (χ4v) is 2.81. The minimum Gasteiger partial charge on any atom is -0.490 e. The molecule has 146 valence electrons. The highest BCUT2D eigenvalue weighted by molar-refractivity contribution is 5.78. The van der Waals surface area contributed by atoms with Gasteiger partial charge in [0.25, 0.3) is 5.91 Å². The summed E-state index contributed by atoms with van der Waals surface area (Å²) in [7, 11) is 0. The number of amides is 1. The summed E-state index contributed by atoms with van der Waals surface area (Å²) in [5.41, 5.74) is 3.13. The van der Waals surface area contributed by atoms with Crippen LogP contribution >= 0.6 is 0 Å².